The molecule has 3 rings (SSSR count). The maximum absolute atomic E-state index is 11.4. The normalized spacial score (nSPS) is 10.7. The number of ether oxygens (including phenoxy) is 1. The fraction of sp³-hybridized carbons (Fsp3) is 0.0667. The maximum Gasteiger partial charge on any atom is 0.346 e. The predicted molar refractivity (Wildman–Crippen MR) is 78.6 cm³/mol. The van der Waals surface area contributed by atoms with Crippen LogP contribution < -0.4 is 4.74 Å². The standard InChI is InChI=1S/C15H11NO3S/c1-19-10-6-4-9(5-7-10)12-11-3-2-8-16-14(11)20-13(12)15(17)18/h2-8H,1H3,(H,17,18). The number of aromatic nitrogens is 1. The summed E-state index contributed by atoms with van der Waals surface area (Å²) in [6.07, 6.45) is 1.67. The van der Waals surface area contributed by atoms with E-state index < -0.39 is 5.97 Å². The molecule has 20 heavy (non-hydrogen) atoms. The van der Waals surface area contributed by atoms with Gasteiger partial charge in [0.2, 0.25) is 0 Å². The van der Waals surface area contributed by atoms with Crippen LogP contribution in [0.3, 0.4) is 0 Å². The number of hydrogen-bond acceptors (Lipinski definition) is 4. The monoisotopic (exact) mass is 285 g/mol. The number of rotatable bonds is 3. The zero-order valence-electron chi connectivity index (χ0n) is 10.7. The Bertz CT molecular complexity index is 777. The van der Waals surface area contributed by atoms with E-state index in [1.807, 2.05) is 36.4 Å². The van der Waals surface area contributed by atoms with Crippen molar-refractivity contribution in [3.8, 4) is 16.9 Å². The van der Waals surface area contributed by atoms with Crippen molar-refractivity contribution >= 4 is 27.5 Å². The lowest BCUT2D eigenvalue weighted by Gasteiger charge is -2.04. The van der Waals surface area contributed by atoms with E-state index in [9.17, 15) is 9.90 Å². The van der Waals surface area contributed by atoms with E-state index in [4.69, 9.17) is 4.74 Å². The van der Waals surface area contributed by atoms with E-state index in [1.54, 1.807) is 13.3 Å². The quantitative estimate of drug-likeness (QED) is 0.797. The van der Waals surface area contributed by atoms with Gasteiger partial charge in [-0.25, -0.2) is 9.78 Å². The molecule has 0 atom stereocenters. The van der Waals surface area contributed by atoms with Crippen molar-refractivity contribution in [3.05, 3.63) is 47.5 Å². The Morgan fingerprint density at radius 1 is 1.25 bits per heavy atom. The van der Waals surface area contributed by atoms with Gasteiger partial charge < -0.3 is 9.84 Å². The summed E-state index contributed by atoms with van der Waals surface area (Å²) in [7, 11) is 1.60. The molecule has 2 aromatic heterocycles. The van der Waals surface area contributed by atoms with Crippen molar-refractivity contribution in [2.75, 3.05) is 7.11 Å². The summed E-state index contributed by atoms with van der Waals surface area (Å²) >= 11 is 1.19. The number of aromatic carboxylic acids is 1. The second kappa shape index (κ2) is 4.94. The first-order valence-corrected chi connectivity index (χ1v) is 6.77. The Labute approximate surface area is 119 Å². The van der Waals surface area contributed by atoms with Crippen LogP contribution in [-0.2, 0) is 0 Å². The van der Waals surface area contributed by atoms with Crippen LogP contribution in [0.15, 0.2) is 42.6 Å². The number of pyridine rings is 1. The van der Waals surface area contributed by atoms with Crippen LogP contribution in [0.2, 0.25) is 0 Å². The molecule has 0 spiro atoms. The SMILES string of the molecule is COc1ccc(-c2c(C(=O)O)sc3ncccc23)cc1. The number of carboxylic acid groups (broad SMARTS) is 1. The number of nitrogens with zero attached hydrogens (tertiary/aromatic N) is 1. The zero-order chi connectivity index (χ0) is 14.1. The van der Waals surface area contributed by atoms with Crippen molar-refractivity contribution in [2.45, 2.75) is 0 Å². The largest absolute Gasteiger partial charge is 0.497 e. The third-order valence-electron chi connectivity index (χ3n) is 3.04. The molecule has 2 heterocycles. The summed E-state index contributed by atoms with van der Waals surface area (Å²) in [5.74, 6) is -0.192. The van der Waals surface area contributed by atoms with Crippen molar-refractivity contribution in [2.24, 2.45) is 0 Å². The van der Waals surface area contributed by atoms with Crippen LogP contribution in [0, 0.1) is 0 Å². The highest BCUT2D eigenvalue weighted by atomic mass is 32.1. The third-order valence-corrected chi connectivity index (χ3v) is 4.14. The molecule has 0 bridgehead atoms. The number of carboxylic acids is 1. The van der Waals surface area contributed by atoms with Crippen molar-refractivity contribution in [1.82, 2.24) is 4.98 Å². The van der Waals surface area contributed by atoms with Gasteiger partial charge in [-0.15, -0.1) is 11.3 Å². The fourth-order valence-electron chi connectivity index (χ4n) is 2.13. The van der Waals surface area contributed by atoms with Crippen LogP contribution in [-0.4, -0.2) is 23.2 Å². The van der Waals surface area contributed by atoms with Gasteiger partial charge in [-0.1, -0.05) is 12.1 Å². The lowest BCUT2D eigenvalue weighted by atomic mass is 10.0. The topological polar surface area (TPSA) is 59.4 Å². The highest BCUT2D eigenvalue weighted by molar-refractivity contribution is 7.21. The minimum Gasteiger partial charge on any atom is -0.497 e. The Morgan fingerprint density at radius 3 is 2.65 bits per heavy atom. The van der Waals surface area contributed by atoms with Crippen molar-refractivity contribution in [1.29, 1.82) is 0 Å². The molecule has 0 aliphatic heterocycles. The molecule has 5 heteroatoms. The van der Waals surface area contributed by atoms with E-state index in [2.05, 4.69) is 4.98 Å². The maximum atomic E-state index is 11.4. The first-order valence-electron chi connectivity index (χ1n) is 5.96. The van der Waals surface area contributed by atoms with Crippen LogP contribution in [0.1, 0.15) is 9.67 Å². The number of hydrogen-bond donors (Lipinski definition) is 1. The Balaban J connectivity index is 2.27. The molecule has 4 nitrogen and oxygen atoms in total. The second-order valence-electron chi connectivity index (χ2n) is 4.20. The van der Waals surface area contributed by atoms with E-state index >= 15 is 0 Å². The molecular formula is C15H11NO3S. The summed E-state index contributed by atoms with van der Waals surface area (Å²) in [6, 6.07) is 11.1. The Hall–Kier alpha value is -2.40. The molecule has 0 unspecified atom stereocenters. The van der Waals surface area contributed by atoms with Gasteiger partial charge in [-0.3, -0.25) is 0 Å². The minimum atomic E-state index is -0.932. The summed E-state index contributed by atoms with van der Waals surface area (Å²) in [4.78, 5) is 16.7. The van der Waals surface area contributed by atoms with E-state index in [1.165, 1.54) is 11.3 Å². The van der Waals surface area contributed by atoms with Gasteiger partial charge in [0.25, 0.3) is 0 Å². The zero-order valence-corrected chi connectivity index (χ0v) is 11.5. The molecular weight excluding hydrogens is 274 g/mol. The van der Waals surface area contributed by atoms with Crippen LogP contribution in [0.4, 0.5) is 0 Å². The number of thiophene rings is 1. The van der Waals surface area contributed by atoms with E-state index in [-0.39, 0.29) is 0 Å². The van der Waals surface area contributed by atoms with Gasteiger partial charge >= 0.3 is 5.97 Å². The molecule has 0 amide bonds. The number of carbonyl (C=O) groups is 1. The van der Waals surface area contributed by atoms with Crippen LogP contribution in [0.25, 0.3) is 21.3 Å². The molecule has 0 aliphatic carbocycles. The average molecular weight is 285 g/mol. The van der Waals surface area contributed by atoms with Gasteiger partial charge in [0.15, 0.2) is 0 Å². The number of fused-ring (bicyclic) bond motifs is 1. The summed E-state index contributed by atoms with van der Waals surface area (Å²) in [5, 5.41) is 10.2. The van der Waals surface area contributed by atoms with E-state index in [0.29, 0.717) is 10.4 Å². The average Bonchev–Trinajstić information content (AvgIpc) is 2.87. The van der Waals surface area contributed by atoms with Gasteiger partial charge in [0.05, 0.1) is 7.11 Å². The molecule has 0 saturated carbocycles. The molecule has 0 fully saturated rings. The smallest absolute Gasteiger partial charge is 0.346 e. The van der Waals surface area contributed by atoms with E-state index in [0.717, 1.165) is 21.5 Å². The first-order chi connectivity index (χ1) is 9.70. The second-order valence-corrected chi connectivity index (χ2v) is 5.20. The van der Waals surface area contributed by atoms with Crippen LogP contribution in [0.5, 0.6) is 5.75 Å². The van der Waals surface area contributed by atoms with Crippen LogP contribution >= 0.6 is 11.3 Å². The number of benzene rings is 1. The third kappa shape index (κ3) is 2.02. The fourth-order valence-corrected chi connectivity index (χ4v) is 3.13. The molecule has 1 N–H and O–H groups in total. The lowest BCUT2D eigenvalue weighted by molar-refractivity contribution is 0.0703. The molecule has 100 valence electrons. The first kappa shape index (κ1) is 12.6. The van der Waals surface area contributed by atoms with Gasteiger partial charge in [0, 0.05) is 17.1 Å². The highest BCUT2D eigenvalue weighted by Gasteiger charge is 2.19. The molecule has 0 aliphatic rings. The van der Waals surface area contributed by atoms with Crippen molar-refractivity contribution < 1.29 is 14.6 Å². The van der Waals surface area contributed by atoms with Crippen molar-refractivity contribution in [3.63, 3.8) is 0 Å². The summed E-state index contributed by atoms with van der Waals surface area (Å²) in [5.41, 5.74) is 1.57. The van der Waals surface area contributed by atoms with Gasteiger partial charge in [0.1, 0.15) is 15.5 Å². The summed E-state index contributed by atoms with van der Waals surface area (Å²) in [6.45, 7) is 0. The lowest BCUT2D eigenvalue weighted by Crippen LogP contribution is -1.94. The number of methoxy groups -OCH3 is 1. The molecule has 0 saturated heterocycles. The predicted octanol–water partition coefficient (Wildman–Crippen LogP) is 3.67. The van der Waals surface area contributed by atoms with Gasteiger partial charge in [-0.05, 0) is 29.8 Å². The molecule has 0 radical (unpaired) electrons. The summed E-state index contributed by atoms with van der Waals surface area (Å²) < 4.78 is 5.13. The Kier molecular flexibility index (Phi) is 3.12. The molecule has 1 aromatic carbocycles. The Morgan fingerprint density at radius 2 is 2.00 bits per heavy atom. The molecule has 3 aromatic rings. The highest BCUT2D eigenvalue weighted by Crippen LogP contribution is 2.38. The minimum absolute atomic E-state index is 0.309. The van der Waals surface area contributed by atoms with Gasteiger partial charge in [-0.2, -0.15) is 0 Å².